The highest BCUT2D eigenvalue weighted by Crippen LogP contribution is 2.35. The summed E-state index contributed by atoms with van der Waals surface area (Å²) in [6, 6.07) is 26.6. The lowest BCUT2D eigenvalue weighted by molar-refractivity contribution is 0.0828. The van der Waals surface area contributed by atoms with Crippen LogP contribution >= 0.6 is 0 Å². The van der Waals surface area contributed by atoms with Gasteiger partial charge in [0.2, 0.25) is 0 Å². The molecule has 0 aliphatic heterocycles. The summed E-state index contributed by atoms with van der Waals surface area (Å²) in [6.45, 7) is 0. The van der Waals surface area contributed by atoms with E-state index in [-0.39, 0.29) is 5.91 Å². The Morgan fingerprint density at radius 2 is 1.59 bits per heavy atom. The number of hydrogen-bond donors (Lipinski definition) is 2. The molecule has 0 unspecified atom stereocenters. The number of carbonyl (C=O) groups excluding carboxylic acids is 1. The van der Waals surface area contributed by atoms with Crippen LogP contribution in [0.5, 0.6) is 11.5 Å². The van der Waals surface area contributed by atoms with Crippen molar-refractivity contribution in [1.82, 2.24) is 20.1 Å². The fraction of sp³-hybridized carbons (Fsp3) is 0.0741. The van der Waals surface area contributed by atoms with E-state index in [4.69, 9.17) is 15.5 Å². The van der Waals surface area contributed by atoms with Crippen molar-refractivity contribution < 1.29 is 9.53 Å². The number of amides is 1. The van der Waals surface area contributed by atoms with Crippen LogP contribution in [0.2, 0.25) is 0 Å². The SMILES string of the molecule is CN(C)C(=O)c1ccccc1-c1cc2[nH]nc(N)c2c(-c2ccc(Oc3ccccc3)cc2)n1. The summed E-state index contributed by atoms with van der Waals surface area (Å²) < 4.78 is 5.92. The number of para-hydroxylation sites is 1. The van der Waals surface area contributed by atoms with E-state index in [1.165, 1.54) is 0 Å². The van der Waals surface area contributed by atoms with Gasteiger partial charge in [0.05, 0.1) is 22.3 Å². The number of ether oxygens (including phenoxy) is 1. The molecule has 0 atom stereocenters. The van der Waals surface area contributed by atoms with Crippen molar-refractivity contribution >= 4 is 22.6 Å². The van der Waals surface area contributed by atoms with Crippen LogP contribution in [0.3, 0.4) is 0 Å². The van der Waals surface area contributed by atoms with E-state index in [9.17, 15) is 4.79 Å². The maximum absolute atomic E-state index is 12.8. The minimum absolute atomic E-state index is 0.0921. The number of carbonyl (C=O) groups is 1. The van der Waals surface area contributed by atoms with E-state index in [1.807, 2.05) is 78.9 Å². The molecule has 0 saturated carbocycles. The first kappa shape index (κ1) is 21.2. The first-order chi connectivity index (χ1) is 16.5. The quantitative estimate of drug-likeness (QED) is 0.376. The highest BCUT2D eigenvalue weighted by Gasteiger charge is 2.19. The number of aromatic amines is 1. The first-order valence-corrected chi connectivity index (χ1v) is 10.8. The van der Waals surface area contributed by atoms with E-state index in [0.29, 0.717) is 28.5 Å². The van der Waals surface area contributed by atoms with Gasteiger partial charge < -0.3 is 15.4 Å². The van der Waals surface area contributed by atoms with Crippen LogP contribution in [-0.2, 0) is 0 Å². The van der Waals surface area contributed by atoms with Crippen LogP contribution in [0.25, 0.3) is 33.4 Å². The Bertz CT molecular complexity index is 1470. The molecule has 7 nitrogen and oxygen atoms in total. The Labute approximate surface area is 196 Å². The molecule has 5 rings (SSSR count). The predicted octanol–water partition coefficient (Wildman–Crippen LogP) is 5.37. The summed E-state index contributed by atoms with van der Waals surface area (Å²) in [6.07, 6.45) is 0. The molecule has 0 radical (unpaired) electrons. The molecule has 2 aromatic heterocycles. The number of H-pyrrole nitrogens is 1. The Kier molecular flexibility index (Phi) is 5.43. The summed E-state index contributed by atoms with van der Waals surface area (Å²) in [4.78, 5) is 19.3. The van der Waals surface area contributed by atoms with Crippen LogP contribution in [-0.4, -0.2) is 40.1 Å². The molecule has 5 aromatic rings. The molecule has 3 aromatic carbocycles. The molecule has 1 amide bonds. The van der Waals surface area contributed by atoms with E-state index < -0.39 is 0 Å². The smallest absolute Gasteiger partial charge is 0.254 e. The fourth-order valence-corrected chi connectivity index (χ4v) is 3.86. The largest absolute Gasteiger partial charge is 0.457 e. The van der Waals surface area contributed by atoms with E-state index in [0.717, 1.165) is 27.8 Å². The normalized spacial score (nSPS) is 10.9. The van der Waals surface area contributed by atoms with Gasteiger partial charge in [-0.15, -0.1) is 0 Å². The number of benzene rings is 3. The Morgan fingerprint density at radius 3 is 2.32 bits per heavy atom. The number of pyridine rings is 1. The molecule has 0 aliphatic carbocycles. The van der Waals surface area contributed by atoms with Gasteiger partial charge in [-0.25, -0.2) is 4.98 Å². The summed E-state index contributed by atoms with van der Waals surface area (Å²) in [5, 5.41) is 7.91. The predicted molar refractivity (Wildman–Crippen MR) is 134 cm³/mol. The number of aromatic nitrogens is 3. The zero-order chi connectivity index (χ0) is 23.7. The molecular weight excluding hydrogens is 426 g/mol. The van der Waals surface area contributed by atoms with Gasteiger partial charge in [0.25, 0.3) is 5.91 Å². The monoisotopic (exact) mass is 449 g/mol. The third-order valence-electron chi connectivity index (χ3n) is 5.52. The number of anilines is 1. The molecule has 0 spiro atoms. The molecule has 0 bridgehead atoms. The maximum Gasteiger partial charge on any atom is 0.254 e. The van der Waals surface area contributed by atoms with Crippen molar-refractivity contribution in [2.45, 2.75) is 0 Å². The lowest BCUT2D eigenvalue weighted by Crippen LogP contribution is -2.22. The van der Waals surface area contributed by atoms with Gasteiger partial charge in [-0.05, 0) is 48.5 Å². The Morgan fingerprint density at radius 1 is 0.912 bits per heavy atom. The average Bonchev–Trinajstić information content (AvgIpc) is 3.25. The van der Waals surface area contributed by atoms with Gasteiger partial charge in [0.15, 0.2) is 5.82 Å². The van der Waals surface area contributed by atoms with Gasteiger partial charge in [-0.2, -0.15) is 5.10 Å². The number of nitrogens with zero attached hydrogens (tertiary/aromatic N) is 3. The third-order valence-corrected chi connectivity index (χ3v) is 5.52. The van der Waals surface area contributed by atoms with Crippen LogP contribution in [0.15, 0.2) is 84.9 Å². The third kappa shape index (κ3) is 3.95. The zero-order valence-corrected chi connectivity index (χ0v) is 18.8. The van der Waals surface area contributed by atoms with Crippen LogP contribution in [0, 0.1) is 0 Å². The lowest BCUT2D eigenvalue weighted by Gasteiger charge is -2.15. The number of hydrogen-bond acceptors (Lipinski definition) is 5. The fourth-order valence-electron chi connectivity index (χ4n) is 3.86. The minimum Gasteiger partial charge on any atom is -0.457 e. The summed E-state index contributed by atoms with van der Waals surface area (Å²) >= 11 is 0. The van der Waals surface area contributed by atoms with Crippen LogP contribution < -0.4 is 10.5 Å². The molecular formula is C27H23N5O2. The highest BCUT2D eigenvalue weighted by atomic mass is 16.5. The lowest BCUT2D eigenvalue weighted by atomic mass is 10.0. The van der Waals surface area contributed by atoms with Crippen molar-refractivity contribution in [3.8, 4) is 34.0 Å². The van der Waals surface area contributed by atoms with E-state index in [1.54, 1.807) is 25.1 Å². The number of rotatable bonds is 5. The number of nitrogen functional groups attached to an aromatic ring is 1. The molecule has 0 saturated heterocycles. The highest BCUT2D eigenvalue weighted by molar-refractivity contribution is 6.04. The maximum atomic E-state index is 12.8. The molecule has 7 heteroatoms. The molecule has 3 N–H and O–H groups in total. The summed E-state index contributed by atoms with van der Waals surface area (Å²) in [5.41, 5.74) is 10.4. The molecule has 0 aliphatic rings. The standard InChI is InChI=1S/C27H23N5O2/c1-32(2)27(33)21-11-7-6-10-20(21)22-16-23-24(26(28)31-30-23)25(29-22)17-12-14-19(15-13-17)34-18-8-4-3-5-9-18/h3-16H,1-2H3,(H3,28,30,31). The second-order valence-corrected chi connectivity index (χ2v) is 8.07. The Hall–Kier alpha value is -4.65. The van der Waals surface area contributed by atoms with Gasteiger partial charge >= 0.3 is 0 Å². The molecule has 168 valence electrons. The second-order valence-electron chi connectivity index (χ2n) is 8.07. The van der Waals surface area contributed by atoms with E-state index >= 15 is 0 Å². The summed E-state index contributed by atoms with van der Waals surface area (Å²) in [7, 11) is 3.46. The molecule has 2 heterocycles. The minimum atomic E-state index is -0.0921. The molecule has 34 heavy (non-hydrogen) atoms. The van der Waals surface area contributed by atoms with Crippen molar-refractivity contribution in [1.29, 1.82) is 0 Å². The number of fused-ring (bicyclic) bond motifs is 1. The van der Waals surface area contributed by atoms with Crippen LogP contribution in [0.4, 0.5) is 5.82 Å². The number of nitrogens with two attached hydrogens (primary N) is 1. The van der Waals surface area contributed by atoms with Crippen molar-refractivity contribution in [2.24, 2.45) is 0 Å². The van der Waals surface area contributed by atoms with Gasteiger partial charge in [0, 0.05) is 30.8 Å². The second kappa shape index (κ2) is 8.71. The van der Waals surface area contributed by atoms with Gasteiger partial charge in [-0.3, -0.25) is 9.89 Å². The van der Waals surface area contributed by atoms with Crippen LogP contribution in [0.1, 0.15) is 10.4 Å². The zero-order valence-electron chi connectivity index (χ0n) is 18.8. The molecule has 0 fully saturated rings. The van der Waals surface area contributed by atoms with Gasteiger partial charge in [-0.1, -0.05) is 36.4 Å². The first-order valence-electron chi connectivity index (χ1n) is 10.8. The topological polar surface area (TPSA) is 97.1 Å². The Balaban J connectivity index is 1.60. The van der Waals surface area contributed by atoms with Crippen molar-refractivity contribution in [3.05, 3.63) is 90.5 Å². The summed E-state index contributed by atoms with van der Waals surface area (Å²) in [5.74, 6) is 1.75. The van der Waals surface area contributed by atoms with Crippen molar-refractivity contribution in [3.63, 3.8) is 0 Å². The van der Waals surface area contributed by atoms with E-state index in [2.05, 4.69) is 10.2 Å². The average molecular weight is 450 g/mol. The number of nitrogens with one attached hydrogen (secondary N) is 1. The van der Waals surface area contributed by atoms with Crippen molar-refractivity contribution in [2.75, 3.05) is 19.8 Å². The van der Waals surface area contributed by atoms with Gasteiger partial charge in [0.1, 0.15) is 11.5 Å².